The quantitative estimate of drug-likeness (QED) is 0.573. The summed E-state index contributed by atoms with van der Waals surface area (Å²) < 4.78 is 0. The molecule has 0 aromatic rings. The molecule has 1 aliphatic rings. The Balaban J connectivity index is 2.30. The minimum atomic E-state index is -0.357. The van der Waals surface area contributed by atoms with E-state index < -0.39 is 0 Å². The third kappa shape index (κ3) is 2.19. The molecule has 0 atom stereocenters. The van der Waals surface area contributed by atoms with Crippen LogP contribution in [-0.2, 0) is 4.79 Å². The van der Waals surface area contributed by atoms with Crippen molar-refractivity contribution in [2.75, 3.05) is 26.7 Å². The van der Waals surface area contributed by atoms with Crippen LogP contribution in [0.1, 0.15) is 12.8 Å². The molecule has 70 valence electrons. The third-order valence-corrected chi connectivity index (χ3v) is 2.39. The molecular formula is C8H16N2O2. The van der Waals surface area contributed by atoms with Crippen LogP contribution in [0.5, 0.6) is 0 Å². The number of aliphatic hydroxyl groups is 1. The zero-order valence-electron chi connectivity index (χ0n) is 7.42. The molecule has 1 aliphatic heterocycles. The number of piperidine rings is 1. The molecule has 0 unspecified atom stereocenters. The lowest BCUT2D eigenvalue weighted by Gasteiger charge is -2.31. The van der Waals surface area contributed by atoms with Crippen molar-refractivity contribution in [3.63, 3.8) is 0 Å². The fourth-order valence-corrected chi connectivity index (χ4v) is 1.52. The van der Waals surface area contributed by atoms with Gasteiger partial charge in [0.25, 0.3) is 0 Å². The molecule has 0 aromatic carbocycles. The Bertz CT molecular complexity index is 153. The Labute approximate surface area is 72.6 Å². The summed E-state index contributed by atoms with van der Waals surface area (Å²) in [5, 5.41) is 11.8. The van der Waals surface area contributed by atoms with Crippen molar-refractivity contribution < 1.29 is 9.90 Å². The van der Waals surface area contributed by atoms with Crippen LogP contribution in [0.2, 0.25) is 0 Å². The fourth-order valence-electron chi connectivity index (χ4n) is 1.52. The number of amides is 1. The Hall–Kier alpha value is -0.610. The van der Waals surface area contributed by atoms with Crippen molar-refractivity contribution in [3.05, 3.63) is 0 Å². The average molecular weight is 172 g/mol. The highest BCUT2D eigenvalue weighted by molar-refractivity contribution is 5.77. The highest BCUT2D eigenvalue weighted by atomic mass is 16.3. The maximum absolute atomic E-state index is 11.0. The molecule has 0 aromatic heterocycles. The van der Waals surface area contributed by atoms with Crippen LogP contribution in [0, 0.1) is 0 Å². The second kappa shape index (κ2) is 4.42. The van der Waals surface area contributed by atoms with Crippen molar-refractivity contribution >= 4 is 5.91 Å². The van der Waals surface area contributed by atoms with E-state index in [0.29, 0.717) is 6.04 Å². The van der Waals surface area contributed by atoms with Gasteiger partial charge in [0, 0.05) is 19.1 Å². The fraction of sp³-hybridized carbons (Fsp3) is 0.875. The van der Waals surface area contributed by atoms with Gasteiger partial charge in [-0.05, 0) is 19.9 Å². The van der Waals surface area contributed by atoms with Crippen LogP contribution in [0.3, 0.4) is 0 Å². The first-order valence-electron chi connectivity index (χ1n) is 4.34. The highest BCUT2D eigenvalue weighted by Gasteiger charge is 2.20. The van der Waals surface area contributed by atoms with Gasteiger partial charge < -0.3 is 15.3 Å². The molecule has 1 amide bonds. The number of aliphatic hydroxyl groups excluding tert-OH is 1. The minimum Gasteiger partial charge on any atom is -0.387 e. The summed E-state index contributed by atoms with van der Waals surface area (Å²) in [6, 6.07) is 0.535. The Morgan fingerprint density at radius 1 is 1.58 bits per heavy atom. The largest absolute Gasteiger partial charge is 0.387 e. The first kappa shape index (κ1) is 9.48. The lowest BCUT2D eigenvalue weighted by molar-refractivity contribution is -0.135. The third-order valence-electron chi connectivity index (χ3n) is 2.39. The van der Waals surface area contributed by atoms with Crippen LogP contribution >= 0.6 is 0 Å². The summed E-state index contributed by atoms with van der Waals surface area (Å²) >= 11 is 0. The van der Waals surface area contributed by atoms with Crippen LogP contribution in [0.4, 0.5) is 0 Å². The van der Waals surface area contributed by atoms with E-state index >= 15 is 0 Å². The number of rotatable bonds is 2. The normalized spacial score (nSPS) is 19.7. The first-order chi connectivity index (χ1) is 5.77. The predicted molar refractivity (Wildman–Crippen MR) is 45.7 cm³/mol. The molecule has 1 fully saturated rings. The lowest BCUT2D eigenvalue weighted by atomic mass is 10.1. The monoisotopic (exact) mass is 172 g/mol. The van der Waals surface area contributed by atoms with E-state index in [-0.39, 0.29) is 12.5 Å². The minimum absolute atomic E-state index is 0.149. The first-order valence-corrected chi connectivity index (χ1v) is 4.34. The number of nitrogens with one attached hydrogen (secondary N) is 1. The van der Waals surface area contributed by atoms with Crippen LogP contribution in [-0.4, -0.2) is 48.7 Å². The molecule has 1 heterocycles. The van der Waals surface area contributed by atoms with Crippen LogP contribution < -0.4 is 5.32 Å². The van der Waals surface area contributed by atoms with Gasteiger partial charge in [-0.15, -0.1) is 0 Å². The standard InChI is InChI=1S/C8H16N2O2/c1-9-7-2-4-10(5-3-7)8(12)6-11/h7,9,11H,2-6H2,1H3. The van der Waals surface area contributed by atoms with Crippen molar-refractivity contribution in [3.8, 4) is 0 Å². The Morgan fingerprint density at radius 2 is 2.17 bits per heavy atom. The Kier molecular flexibility index (Phi) is 3.49. The topological polar surface area (TPSA) is 52.6 Å². The van der Waals surface area contributed by atoms with Gasteiger partial charge >= 0.3 is 0 Å². The average Bonchev–Trinajstić information content (AvgIpc) is 2.17. The summed E-state index contributed by atoms with van der Waals surface area (Å²) in [6.45, 7) is 1.18. The van der Waals surface area contributed by atoms with E-state index in [0.717, 1.165) is 25.9 Å². The van der Waals surface area contributed by atoms with E-state index in [9.17, 15) is 4.79 Å². The molecule has 0 bridgehead atoms. The molecule has 0 radical (unpaired) electrons. The van der Waals surface area contributed by atoms with Gasteiger partial charge in [-0.2, -0.15) is 0 Å². The molecule has 0 spiro atoms. The SMILES string of the molecule is CNC1CCN(C(=O)CO)CC1. The summed E-state index contributed by atoms with van der Waals surface area (Å²) in [4.78, 5) is 12.7. The zero-order valence-corrected chi connectivity index (χ0v) is 7.42. The van der Waals surface area contributed by atoms with E-state index in [4.69, 9.17) is 5.11 Å². The highest BCUT2D eigenvalue weighted by Crippen LogP contribution is 2.09. The van der Waals surface area contributed by atoms with Crippen LogP contribution in [0.25, 0.3) is 0 Å². The molecule has 4 heteroatoms. The van der Waals surface area contributed by atoms with Gasteiger partial charge in [0.1, 0.15) is 6.61 Å². The number of carbonyl (C=O) groups excluding carboxylic acids is 1. The second-order valence-electron chi connectivity index (χ2n) is 3.10. The van der Waals surface area contributed by atoms with E-state index in [1.54, 1.807) is 4.90 Å². The predicted octanol–water partition coefficient (Wildman–Crippen LogP) is -0.811. The molecular weight excluding hydrogens is 156 g/mol. The smallest absolute Gasteiger partial charge is 0.248 e. The molecule has 0 aliphatic carbocycles. The van der Waals surface area contributed by atoms with E-state index in [1.807, 2.05) is 7.05 Å². The van der Waals surface area contributed by atoms with Gasteiger partial charge in [0.2, 0.25) is 5.91 Å². The summed E-state index contributed by atoms with van der Waals surface area (Å²) in [5.41, 5.74) is 0. The lowest BCUT2D eigenvalue weighted by Crippen LogP contribution is -2.44. The van der Waals surface area contributed by atoms with Crippen LogP contribution in [0.15, 0.2) is 0 Å². The number of hydrogen-bond acceptors (Lipinski definition) is 3. The molecule has 1 rings (SSSR count). The van der Waals surface area contributed by atoms with Gasteiger partial charge in [-0.3, -0.25) is 4.79 Å². The molecule has 4 nitrogen and oxygen atoms in total. The second-order valence-corrected chi connectivity index (χ2v) is 3.10. The summed E-state index contributed by atoms with van der Waals surface area (Å²) in [6.07, 6.45) is 1.98. The van der Waals surface area contributed by atoms with Crippen molar-refractivity contribution in [1.82, 2.24) is 10.2 Å². The number of hydrogen-bond donors (Lipinski definition) is 2. The molecule has 1 saturated heterocycles. The van der Waals surface area contributed by atoms with Gasteiger partial charge in [0.05, 0.1) is 0 Å². The maximum Gasteiger partial charge on any atom is 0.248 e. The molecule has 2 N–H and O–H groups in total. The van der Waals surface area contributed by atoms with E-state index in [1.165, 1.54) is 0 Å². The molecule has 0 saturated carbocycles. The van der Waals surface area contributed by atoms with Gasteiger partial charge in [-0.25, -0.2) is 0 Å². The number of likely N-dealkylation sites (tertiary alicyclic amines) is 1. The molecule has 12 heavy (non-hydrogen) atoms. The summed E-state index contributed by atoms with van der Waals surface area (Å²) in [5.74, 6) is -0.149. The van der Waals surface area contributed by atoms with Crippen molar-refractivity contribution in [2.45, 2.75) is 18.9 Å². The zero-order chi connectivity index (χ0) is 8.97. The van der Waals surface area contributed by atoms with Crippen molar-refractivity contribution in [2.24, 2.45) is 0 Å². The number of carbonyl (C=O) groups is 1. The van der Waals surface area contributed by atoms with Crippen molar-refractivity contribution in [1.29, 1.82) is 0 Å². The summed E-state index contributed by atoms with van der Waals surface area (Å²) in [7, 11) is 1.94. The van der Waals surface area contributed by atoms with E-state index in [2.05, 4.69) is 5.32 Å². The number of nitrogens with zero attached hydrogens (tertiary/aromatic N) is 1. The van der Waals surface area contributed by atoms with Gasteiger partial charge in [-0.1, -0.05) is 0 Å². The maximum atomic E-state index is 11.0. The van der Waals surface area contributed by atoms with Gasteiger partial charge in [0.15, 0.2) is 0 Å². The Morgan fingerprint density at radius 3 is 2.58 bits per heavy atom.